The molecule has 3 unspecified atom stereocenters. The molecule has 2 aliphatic heterocycles. The summed E-state index contributed by atoms with van der Waals surface area (Å²) < 4.78 is 18.1. The lowest BCUT2D eigenvalue weighted by atomic mass is 9.51. The number of aliphatic hydroxyl groups is 1. The first-order valence-corrected chi connectivity index (χ1v) is 13.1. The van der Waals surface area contributed by atoms with Gasteiger partial charge in [0.25, 0.3) is 0 Å². The van der Waals surface area contributed by atoms with E-state index in [2.05, 4.69) is 23.3 Å². The van der Waals surface area contributed by atoms with Crippen molar-refractivity contribution in [3.63, 3.8) is 0 Å². The third-order valence-corrected chi connectivity index (χ3v) is 8.92. The average Bonchev–Trinajstić information content (AvgIpc) is 3.20. The highest BCUT2D eigenvalue weighted by Gasteiger charge is 2.66. The number of carboxylic acid groups (broad SMARTS) is 1. The zero-order valence-corrected chi connectivity index (χ0v) is 21.7. The van der Waals surface area contributed by atoms with E-state index in [1.807, 2.05) is 6.07 Å². The Morgan fingerprint density at radius 1 is 1.27 bits per heavy atom. The van der Waals surface area contributed by atoms with Crippen molar-refractivity contribution in [1.29, 1.82) is 0 Å². The summed E-state index contributed by atoms with van der Waals surface area (Å²) >= 11 is 0. The van der Waals surface area contributed by atoms with Crippen molar-refractivity contribution in [2.75, 3.05) is 20.7 Å². The summed E-state index contributed by atoms with van der Waals surface area (Å²) in [5.74, 6) is -1.43. The van der Waals surface area contributed by atoms with E-state index in [9.17, 15) is 24.6 Å². The Morgan fingerprint density at radius 3 is 2.70 bits per heavy atom. The predicted octanol–water partition coefficient (Wildman–Crippen LogP) is 1.25. The Morgan fingerprint density at radius 2 is 2.03 bits per heavy atom. The molecule has 1 aromatic rings. The molecule has 5 rings (SSSR count). The van der Waals surface area contributed by atoms with Crippen molar-refractivity contribution >= 4 is 17.8 Å². The molecular formula is C27H36N2O8. The average molecular weight is 517 g/mol. The number of carbonyl (C=O) groups excluding carboxylic acids is 2. The molecule has 1 saturated carbocycles. The number of carbonyl (C=O) groups is 3. The predicted molar refractivity (Wildman–Crippen MR) is 131 cm³/mol. The van der Waals surface area contributed by atoms with Gasteiger partial charge in [-0.2, -0.15) is 0 Å². The number of benzene rings is 1. The van der Waals surface area contributed by atoms with Crippen molar-refractivity contribution in [2.45, 2.75) is 81.8 Å². The first kappa shape index (κ1) is 25.8. The molecular weight excluding hydrogens is 480 g/mol. The second-order valence-electron chi connectivity index (χ2n) is 11.2. The molecule has 202 valence electrons. The van der Waals surface area contributed by atoms with E-state index in [0.717, 1.165) is 31.6 Å². The molecule has 1 spiro atoms. The zero-order valence-electron chi connectivity index (χ0n) is 21.7. The molecule has 3 N–H and O–H groups in total. The highest BCUT2D eigenvalue weighted by atomic mass is 16.6. The Hall–Kier alpha value is -2.85. The van der Waals surface area contributed by atoms with E-state index in [1.54, 1.807) is 21.0 Å². The van der Waals surface area contributed by atoms with Crippen molar-refractivity contribution in [3.8, 4) is 11.5 Å². The summed E-state index contributed by atoms with van der Waals surface area (Å²) in [7, 11) is 3.79. The van der Waals surface area contributed by atoms with Gasteiger partial charge in [-0.3, -0.25) is 9.59 Å². The number of methoxy groups -OCH3 is 1. The number of aliphatic carboxylic acids is 1. The van der Waals surface area contributed by atoms with E-state index in [-0.39, 0.29) is 17.4 Å². The van der Waals surface area contributed by atoms with E-state index < -0.39 is 42.5 Å². The fraction of sp³-hybridized carbons (Fsp3) is 0.667. The van der Waals surface area contributed by atoms with E-state index >= 15 is 0 Å². The minimum absolute atomic E-state index is 0.278. The molecule has 2 bridgehead atoms. The number of likely N-dealkylation sites (tertiary alicyclic amines) is 1. The van der Waals surface area contributed by atoms with Crippen LogP contribution in [0.25, 0.3) is 0 Å². The molecule has 2 fully saturated rings. The number of hydrogen-bond donors (Lipinski definition) is 3. The van der Waals surface area contributed by atoms with Gasteiger partial charge in [-0.25, -0.2) is 4.79 Å². The summed E-state index contributed by atoms with van der Waals surface area (Å²) in [5, 5.41) is 21.9. The van der Waals surface area contributed by atoms with Crippen LogP contribution in [0.3, 0.4) is 0 Å². The number of piperidine rings is 1. The van der Waals surface area contributed by atoms with Crippen LogP contribution in [0, 0.1) is 11.8 Å². The van der Waals surface area contributed by atoms with E-state index in [1.165, 1.54) is 11.1 Å². The highest BCUT2D eigenvalue weighted by molar-refractivity contribution is 5.89. The normalized spacial score (nSPS) is 31.1. The molecule has 4 aliphatic rings. The monoisotopic (exact) mass is 516 g/mol. The number of hydrogen-bond acceptors (Lipinski definition) is 8. The number of nitrogens with zero attached hydrogens (tertiary/aromatic N) is 1. The Labute approximate surface area is 216 Å². The quantitative estimate of drug-likeness (QED) is 0.436. The Balaban J connectivity index is 1.34. The SMILES string of the molecule is COc1ccc2c3c1O[C@H]1[C@@H](OC(=O)CC(O)C(=O)NC(C(=O)O)C(C)C)CCC4[C@@H](C2)N(C)CC[C@@]341. The van der Waals surface area contributed by atoms with Gasteiger partial charge in [-0.1, -0.05) is 19.9 Å². The molecule has 10 nitrogen and oxygen atoms in total. The molecule has 1 aromatic carbocycles. The Bertz CT molecular complexity index is 1110. The number of ether oxygens (including phenoxy) is 3. The number of aliphatic hydroxyl groups excluding tert-OH is 1. The fourth-order valence-electron chi connectivity index (χ4n) is 7.19. The third kappa shape index (κ3) is 4.05. The van der Waals surface area contributed by atoms with Gasteiger partial charge < -0.3 is 34.6 Å². The maximum atomic E-state index is 12.9. The Kier molecular flexibility index (Phi) is 6.60. The largest absolute Gasteiger partial charge is 0.493 e. The molecule has 37 heavy (non-hydrogen) atoms. The van der Waals surface area contributed by atoms with Gasteiger partial charge in [0.05, 0.1) is 13.5 Å². The molecule has 7 atom stereocenters. The van der Waals surface area contributed by atoms with Crippen LogP contribution in [0.15, 0.2) is 12.1 Å². The first-order chi connectivity index (χ1) is 17.6. The second kappa shape index (κ2) is 9.47. The summed E-state index contributed by atoms with van der Waals surface area (Å²) in [4.78, 5) is 39.1. The smallest absolute Gasteiger partial charge is 0.326 e. The van der Waals surface area contributed by atoms with Crippen molar-refractivity contribution in [3.05, 3.63) is 23.3 Å². The molecule has 1 amide bonds. The molecule has 0 radical (unpaired) electrons. The number of esters is 1. The lowest BCUT2D eigenvalue weighted by Gasteiger charge is -2.58. The van der Waals surface area contributed by atoms with Crippen LogP contribution >= 0.6 is 0 Å². The van der Waals surface area contributed by atoms with Crippen molar-refractivity contribution < 1.29 is 38.8 Å². The van der Waals surface area contributed by atoms with Gasteiger partial charge in [0.15, 0.2) is 11.5 Å². The van der Waals surface area contributed by atoms with Crippen LogP contribution in [0.4, 0.5) is 0 Å². The number of nitrogens with one attached hydrogen (secondary N) is 1. The van der Waals surface area contributed by atoms with Crippen molar-refractivity contribution in [1.82, 2.24) is 10.2 Å². The standard InChI is InChI=1S/C27H36N2O8/c1-13(2)22(26(33)34)28-25(32)17(30)12-20(31)36-19-8-6-15-16-11-14-5-7-18(35-4)23-21(14)27(15,24(19)37-23)9-10-29(16)3/h5,7,13,15-17,19,22,24,30H,6,8-12H2,1-4H3,(H,28,32)(H,33,34)/t15?,16-,17?,19+,22?,24+,27+/m1/s1. The van der Waals surface area contributed by atoms with Gasteiger partial charge in [0.1, 0.15) is 24.4 Å². The number of carboxylic acids is 1. The van der Waals surface area contributed by atoms with E-state index in [4.69, 9.17) is 14.2 Å². The van der Waals surface area contributed by atoms with Crippen LogP contribution in [0.5, 0.6) is 11.5 Å². The molecule has 0 aromatic heterocycles. The third-order valence-electron chi connectivity index (χ3n) is 8.92. The lowest BCUT2D eigenvalue weighted by molar-refractivity contribution is -0.169. The summed E-state index contributed by atoms with van der Waals surface area (Å²) in [6.45, 7) is 4.21. The molecule has 10 heteroatoms. The molecule has 2 heterocycles. The van der Waals surface area contributed by atoms with Crippen LogP contribution in [0.1, 0.15) is 50.7 Å². The summed E-state index contributed by atoms with van der Waals surface area (Å²) in [5.41, 5.74) is 2.17. The first-order valence-electron chi connectivity index (χ1n) is 13.1. The minimum atomic E-state index is -1.71. The molecule has 1 saturated heterocycles. The minimum Gasteiger partial charge on any atom is -0.493 e. The second-order valence-corrected chi connectivity index (χ2v) is 11.2. The van der Waals surface area contributed by atoms with Gasteiger partial charge in [-0.05, 0) is 62.7 Å². The number of likely N-dealkylation sites (N-methyl/N-ethyl adjacent to an activating group) is 1. The van der Waals surface area contributed by atoms with Gasteiger partial charge in [0, 0.05) is 17.0 Å². The van der Waals surface area contributed by atoms with Crippen LogP contribution in [0.2, 0.25) is 0 Å². The molecule has 2 aliphatic carbocycles. The fourth-order valence-corrected chi connectivity index (χ4v) is 7.19. The van der Waals surface area contributed by atoms with Crippen LogP contribution < -0.4 is 14.8 Å². The number of amides is 1. The zero-order chi connectivity index (χ0) is 26.6. The highest BCUT2D eigenvalue weighted by Crippen LogP contribution is 2.64. The maximum Gasteiger partial charge on any atom is 0.326 e. The number of rotatable bonds is 8. The lowest BCUT2D eigenvalue weighted by Crippen LogP contribution is -2.66. The summed E-state index contributed by atoms with van der Waals surface area (Å²) in [6, 6.07) is 3.29. The van der Waals surface area contributed by atoms with Crippen molar-refractivity contribution in [2.24, 2.45) is 11.8 Å². The van der Waals surface area contributed by atoms with Gasteiger partial charge >= 0.3 is 11.9 Å². The van der Waals surface area contributed by atoms with Gasteiger partial charge in [0.2, 0.25) is 5.91 Å². The summed E-state index contributed by atoms with van der Waals surface area (Å²) in [6.07, 6.45) is 0.142. The topological polar surface area (TPSA) is 135 Å². The maximum absolute atomic E-state index is 12.9. The van der Waals surface area contributed by atoms with E-state index in [0.29, 0.717) is 24.1 Å². The van der Waals surface area contributed by atoms with Crippen LogP contribution in [-0.4, -0.2) is 84.1 Å². The van der Waals surface area contributed by atoms with Crippen LogP contribution in [-0.2, 0) is 31.0 Å². The van der Waals surface area contributed by atoms with Gasteiger partial charge in [-0.15, -0.1) is 0 Å².